The van der Waals surface area contributed by atoms with E-state index in [0.29, 0.717) is 35.6 Å². The molecule has 26 heavy (non-hydrogen) atoms. The van der Waals surface area contributed by atoms with Crippen molar-refractivity contribution in [3.05, 3.63) is 59.2 Å². The number of hydrogen-bond donors (Lipinski definition) is 1. The van der Waals surface area contributed by atoms with Gasteiger partial charge in [-0.1, -0.05) is 24.3 Å². The minimum Gasteiger partial charge on any atom is -0.493 e. The van der Waals surface area contributed by atoms with Gasteiger partial charge in [0.15, 0.2) is 11.5 Å². The second-order valence-electron chi connectivity index (χ2n) is 5.89. The Labute approximate surface area is 153 Å². The molecule has 6 heteroatoms. The Kier molecular flexibility index (Phi) is 6.60. The minimum atomic E-state index is -0.960. The van der Waals surface area contributed by atoms with E-state index >= 15 is 0 Å². The summed E-state index contributed by atoms with van der Waals surface area (Å²) in [5, 5.41) is 9.01. The van der Waals surface area contributed by atoms with Gasteiger partial charge in [0, 0.05) is 19.2 Å². The van der Waals surface area contributed by atoms with Crippen LogP contribution in [0.1, 0.15) is 21.5 Å². The summed E-state index contributed by atoms with van der Waals surface area (Å²) in [5.74, 6) is 0.148. The first-order valence-corrected chi connectivity index (χ1v) is 8.22. The molecule has 0 bridgehead atoms. The molecule has 2 aromatic rings. The lowest BCUT2D eigenvalue weighted by molar-refractivity contribution is -0.136. The van der Waals surface area contributed by atoms with Gasteiger partial charge < -0.3 is 19.5 Å². The minimum absolute atomic E-state index is 0.175. The fourth-order valence-electron chi connectivity index (χ4n) is 2.69. The standard InChI is InChI=1S/C20H23NO5/c1-21(11-10-14-8-9-17(25-2)18(12-14)26-3)20(24)16-7-5-4-6-15(16)13-19(22)23/h4-9,12H,10-11,13H2,1-3H3,(H,22,23). The molecule has 6 nitrogen and oxygen atoms in total. The zero-order chi connectivity index (χ0) is 19.1. The van der Waals surface area contributed by atoms with Crippen molar-refractivity contribution in [1.29, 1.82) is 0 Å². The first kappa shape index (κ1) is 19.3. The number of carboxylic acid groups (broad SMARTS) is 1. The smallest absolute Gasteiger partial charge is 0.307 e. The van der Waals surface area contributed by atoms with Gasteiger partial charge in [-0.05, 0) is 35.7 Å². The summed E-state index contributed by atoms with van der Waals surface area (Å²) >= 11 is 0. The highest BCUT2D eigenvalue weighted by molar-refractivity contribution is 5.96. The van der Waals surface area contributed by atoms with Crippen molar-refractivity contribution in [2.45, 2.75) is 12.8 Å². The van der Waals surface area contributed by atoms with Crippen LogP contribution in [0.3, 0.4) is 0 Å². The van der Waals surface area contributed by atoms with Crippen molar-refractivity contribution in [2.24, 2.45) is 0 Å². The summed E-state index contributed by atoms with van der Waals surface area (Å²) in [5.41, 5.74) is 1.95. The Morgan fingerprint density at radius 2 is 1.73 bits per heavy atom. The van der Waals surface area contributed by atoms with Gasteiger partial charge in [-0.25, -0.2) is 0 Å². The lowest BCUT2D eigenvalue weighted by Gasteiger charge is -2.19. The number of carboxylic acids is 1. The molecule has 0 radical (unpaired) electrons. The average molecular weight is 357 g/mol. The van der Waals surface area contributed by atoms with Crippen molar-refractivity contribution in [3.8, 4) is 11.5 Å². The van der Waals surface area contributed by atoms with E-state index in [-0.39, 0.29) is 12.3 Å². The van der Waals surface area contributed by atoms with Crippen LogP contribution in [0.4, 0.5) is 0 Å². The molecule has 2 rings (SSSR count). The van der Waals surface area contributed by atoms with Crippen molar-refractivity contribution in [1.82, 2.24) is 4.90 Å². The molecule has 2 aromatic carbocycles. The molecular weight excluding hydrogens is 334 g/mol. The fourth-order valence-corrected chi connectivity index (χ4v) is 2.69. The van der Waals surface area contributed by atoms with Crippen LogP contribution in [0.2, 0.25) is 0 Å². The number of ether oxygens (including phenoxy) is 2. The summed E-state index contributed by atoms with van der Waals surface area (Å²) in [7, 11) is 4.87. The van der Waals surface area contributed by atoms with Crippen molar-refractivity contribution in [3.63, 3.8) is 0 Å². The maximum absolute atomic E-state index is 12.7. The van der Waals surface area contributed by atoms with Crippen LogP contribution in [-0.4, -0.2) is 49.7 Å². The van der Waals surface area contributed by atoms with Crippen LogP contribution in [-0.2, 0) is 17.6 Å². The third-order valence-electron chi connectivity index (χ3n) is 4.12. The highest BCUT2D eigenvalue weighted by Gasteiger charge is 2.17. The SMILES string of the molecule is COc1ccc(CCN(C)C(=O)c2ccccc2CC(=O)O)cc1OC. The number of aliphatic carboxylic acids is 1. The third kappa shape index (κ3) is 4.75. The monoisotopic (exact) mass is 357 g/mol. The molecule has 0 aliphatic rings. The molecule has 1 N–H and O–H groups in total. The topological polar surface area (TPSA) is 76.1 Å². The number of carbonyl (C=O) groups is 2. The van der Waals surface area contributed by atoms with Crippen molar-refractivity contribution < 1.29 is 24.2 Å². The Bertz CT molecular complexity index is 788. The maximum atomic E-state index is 12.7. The number of likely N-dealkylation sites (N-methyl/N-ethyl adjacent to an activating group) is 1. The predicted molar refractivity (Wildman–Crippen MR) is 98.0 cm³/mol. The first-order valence-electron chi connectivity index (χ1n) is 8.22. The Morgan fingerprint density at radius 3 is 2.38 bits per heavy atom. The summed E-state index contributed by atoms with van der Waals surface area (Å²) in [6, 6.07) is 12.4. The second kappa shape index (κ2) is 8.89. The first-order chi connectivity index (χ1) is 12.5. The number of amides is 1. The molecule has 1 amide bonds. The summed E-state index contributed by atoms with van der Waals surface area (Å²) in [4.78, 5) is 25.3. The summed E-state index contributed by atoms with van der Waals surface area (Å²) < 4.78 is 10.5. The zero-order valence-electron chi connectivity index (χ0n) is 15.2. The Hall–Kier alpha value is -3.02. The largest absolute Gasteiger partial charge is 0.493 e. The maximum Gasteiger partial charge on any atom is 0.307 e. The average Bonchev–Trinajstić information content (AvgIpc) is 2.65. The summed E-state index contributed by atoms with van der Waals surface area (Å²) in [6.07, 6.45) is 0.467. The molecule has 0 atom stereocenters. The zero-order valence-corrected chi connectivity index (χ0v) is 15.2. The Balaban J connectivity index is 2.07. The number of rotatable bonds is 8. The lowest BCUT2D eigenvalue weighted by atomic mass is 10.0. The molecule has 0 fully saturated rings. The van der Waals surface area contributed by atoms with Crippen LogP contribution in [0.25, 0.3) is 0 Å². The molecular formula is C20H23NO5. The van der Waals surface area contributed by atoms with Crippen LogP contribution >= 0.6 is 0 Å². The normalized spacial score (nSPS) is 10.3. The fraction of sp³-hybridized carbons (Fsp3) is 0.300. The van der Waals surface area contributed by atoms with Gasteiger partial charge >= 0.3 is 5.97 Å². The number of nitrogens with zero attached hydrogens (tertiary/aromatic N) is 1. The predicted octanol–water partition coefficient (Wildman–Crippen LogP) is 2.65. The molecule has 0 aliphatic heterocycles. The van der Waals surface area contributed by atoms with E-state index in [2.05, 4.69) is 0 Å². The highest BCUT2D eigenvalue weighted by Crippen LogP contribution is 2.27. The van der Waals surface area contributed by atoms with E-state index in [9.17, 15) is 9.59 Å². The molecule has 0 heterocycles. The van der Waals surface area contributed by atoms with Gasteiger partial charge in [0.25, 0.3) is 5.91 Å². The number of methoxy groups -OCH3 is 2. The van der Waals surface area contributed by atoms with Crippen molar-refractivity contribution >= 4 is 11.9 Å². The summed E-state index contributed by atoms with van der Waals surface area (Å²) in [6.45, 7) is 0.496. The van der Waals surface area contributed by atoms with Crippen LogP contribution < -0.4 is 9.47 Å². The van der Waals surface area contributed by atoms with E-state index in [4.69, 9.17) is 14.6 Å². The van der Waals surface area contributed by atoms with E-state index < -0.39 is 5.97 Å². The van der Waals surface area contributed by atoms with Crippen LogP contribution in [0.15, 0.2) is 42.5 Å². The highest BCUT2D eigenvalue weighted by atomic mass is 16.5. The van der Waals surface area contributed by atoms with Crippen LogP contribution in [0, 0.1) is 0 Å². The molecule has 0 aliphatic carbocycles. The van der Waals surface area contributed by atoms with Gasteiger partial charge in [0.2, 0.25) is 0 Å². The number of benzene rings is 2. The molecule has 0 saturated carbocycles. The molecule has 0 spiro atoms. The lowest BCUT2D eigenvalue weighted by Crippen LogP contribution is -2.30. The molecule has 0 aromatic heterocycles. The quantitative estimate of drug-likeness (QED) is 0.786. The van der Waals surface area contributed by atoms with Crippen LogP contribution in [0.5, 0.6) is 11.5 Å². The Morgan fingerprint density at radius 1 is 1.04 bits per heavy atom. The van der Waals surface area contributed by atoms with E-state index in [0.717, 1.165) is 5.56 Å². The number of hydrogen-bond acceptors (Lipinski definition) is 4. The van der Waals surface area contributed by atoms with Gasteiger partial charge in [-0.15, -0.1) is 0 Å². The van der Waals surface area contributed by atoms with E-state index in [1.54, 1.807) is 50.4 Å². The molecule has 0 saturated heterocycles. The van der Waals surface area contributed by atoms with Crippen molar-refractivity contribution in [2.75, 3.05) is 27.8 Å². The van der Waals surface area contributed by atoms with E-state index in [1.165, 1.54) is 0 Å². The third-order valence-corrected chi connectivity index (χ3v) is 4.12. The van der Waals surface area contributed by atoms with Gasteiger partial charge in [-0.2, -0.15) is 0 Å². The van der Waals surface area contributed by atoms with Gasteiger partial charge in [-0.3, -0.25) is 9.59 Å². The number of carbonyl (C=O) groups excluding carboxylic acids is 1. The van der Waals surface area contributed by atoms with Gasteiger partial charge in [0.1, 0.15) is 0 Å². The van der Waals surface area contributed by atoms with Gasteiger partial charge in [0.05, 0.1) is 20.6 Å². The van der Waals surface area contributed by atoms with E-state index in [1.807, 2.05) is 18.2 Å². The molecule has 0 unspecified atom stereocenters. The molecule has 138 valence electrons. The second-order valence-corrected chi connectivity index (χ2v) is 5.89.